The van der Waals surface area contributed by atoms with E-state index in [0.717, 1.165) is 0 Å². The Morgan fingerprint density at radius 1 is 1.15 bits per heavy atom. The normalized spacial score (nSPS) is 13.8. The maximum absolute atomic E-state index is 12.3. The zero-order chi connectivity index (χ0) is 10.7. The SMILES string of the molecule is FC(F)C(F)(F)C(F)(F)CCOI. The Labute approximate surface area is 84.1 Å². The van der Waals surface area contributed by atoms with Crippen LogP contribution in [0, 0.1) is 0 Å². The maximum Gasteiger partial charge on any atom is 0.369 e. The van der Waals surface area contributed by atoms with Crippen LogP contribution >= 0.6 is 23.0 Å². The standard InChI is InChI=1S/C5H5F6IO/c6-3(7)5(10,11)4(8,9)1-2-13-12/h3H,1-2H2. The summed E-state index contributed by atoms with van der Waals surface area (Å²) < 4.78 is 75.8. The van der Waals surface area contributed by atoms with Gasteiger partial charge in [0, 0.05) is 6.42 Å². The second-order valence-electron chi connectivity index (χ2n) is 2.19. The lowest BCUT2D eigenvalue weighted by Gasteiger charge is -2.25. The van der Waals surface area contributed by atoms with Gasteiger partial charge in [-0.3, -0.25) is 0 Å². The van der Waals surface area contributed by atoms with E-state index in [1.54, 1.807) is 0 Å². The molecule has 0 saturated carbocycles. The smallest absolute Gasteiger partial charge is 0.316 e. The molecule has 0 aromatic rings. The first kappa shape index (κ1) is 13.3. The maximum atomic E-state index is 12.3. The van der Waals surface area contributed by atoms with Gasteiger partial charge in [0.1, 0.15) is 23.0 Å². The Morgan fingerprint density at radius 3 is 1.92 bits per heavy atom. The predicted octanol–water partition coefficient (Wildman–Crippen LogP) is 3.28. The van der Waals surface area contributed by atoms with E-state index in [1.165, 1.54) is 23.0 Å². The highest BCUT2D eigenvalue weighted by molar-refractivity contribution is 14.1. The summed E-state index contributed by atoms with van der Waals surface area (Å²) in [6.07, 6.45) is -5.82. The first-order chi connectivity index (χ1) is 5.75. The lowest BCUT2D eigenvalue weighted by atomic mass is 10.1. The molecular weight excluding hydrogens is 317 g/mol. The van der Waals surface area contributed by atoms with Gasteiger partial charge in [0.2, 0.25) is 0 Å². The highest BCUT2D eigenvalue weighted by Gasteiger charge is 2.62. The van der Waals surface area contributed by atoms with Crippen molar-refractivity contribution in [2.24, 2.45) is 0 Å². The molecule has 80 valence electrons. The van der Waals surface area contributed by atoms with Gasteiger partial charge < -0.3 is 3.07 Å². The summed E-state index contributed by atoms with van der Waals surface area (Å²) in [4.78, 5) is 0. The quantitative estimate of drug-likeness (QED) is 0.558. The van der Waals surface area contributed by atoms with Gasteiger partial charge >= 0.3 is 18.3 Å². The van der Waals surface area contributed by atoms with E-state index >= 15 is 0 Å². The van der Waals surface area contributed by atoms with Crippen molar-refractivity contribution in [3.05, 3.63) is 0 Å². The van der Waals surface area contributed by atoms with Crippen LogP contribution < -0.4 is 0 Å². The van der Waals surface area contributed by atoms with Crippen molar-refractivity contribution >= 4 is 23.0 Å². The third-order valence-corrected chi connectivity index (χ3v) is 1.70. The molecule has 0 fully saturated rings. The molecule has 0 heterocycles. The largest absolute Gasteiger partial charge is 0.369 e. The zero-order valence-corrected chi connectivity index (χ0v) is 8.20. The molecule has 0 atom stereocenters. The van der Waals surface area contributed by atoms with E-state index in [-0.39, 0.29) is 0 Å². The van der Waals surface area contributed by atoms with Crippen LogP contribution in [0.25, 0.3) is 0 Å². The molecule has 0 spiro atoms. The molecule has 0 unspecified atom stereocenters. The van der Waals surface area contributed by atoms with Gasteiger partial charge in [-0.25, -0.2) is 8.78 Å². The number of rotatable bonds is 5. The van der Waals surface area contributed by atoms with E-state index in [4.69, 9.17) is 0 Å². The van der Waals surface area contributed by atoms with Gasteiger partial charge in [-0.05, 0) is 0 Å². The topological polar surface area (TPSA) is 9.23 Å². The Balaban J connectivity index is 4.41. The second-order valence-corrected chi connectivity index (χ2v) is 2.81. The second kappa shape index (κ2) is 4.67. The minimum absolute atomic E-state index is 0.712. The van der Waals surface area contributed by atoms with Gasteiger partial charge in [-0.1, -0.05) is 0 Å². The summed E-state index contributed by atoms with van der Waals surface area (Å²) in [5, 5.41) is 0. The van der Waals surface area contributed by atoms with Crippen molar-refractivity contribution in [2.45, 2.75) is 24.7 Å². The van der Waals surface area contributed by atoms with Crippen LogP contribution in [-0.2, 0) is 3.07 Å². The molecular formula is C5H5F6IO. The molecule has 0 amide bonds. The molecule has 0 aliphatic heterocycles. The molecule has 0 radical (unpaired) electrons. The van der Waals surface area contributed by atoms with Crippen molar-refractivity contribution < 1.29 is 29.4 Å². The summed E-state index contributed by atoms with van der Waals surface area (Å²) in [5.41, 5.74) is 0. The third-order valence-electron chi connectivity index (χ3n) is 1.25. The van der Waals surface area contributed by atoms with Crippen LogP contribution in [0.5, 0.6) is 0 Å². The van der Waals surface area contributed by atoms with Gasteiger partial charge in [0.25, 0.3) is 0 Å². The molecule has 0 aliphatic rings. The van der Waals surface area contributed by atoms with Crippen molar-refractivity contribution in [3.8, 4) is 0 Å². The van der Waals surface area contributed by atoms with E-state index < -0.39 is 31.3 Å². The molecule has 13 heavy (non-hydrogen) atoms. The highest BCUT2D eigenvalue weighted by atomic mass is 127. The summed E-state index contributed by atoms with van der Waals surface area (Å²) in [5.74, 6) is -10.0. The molecule has 1 nitrogen and oxygen atoms in total. The molecule has 0 bridgehead atoms. The summed E-state index contributed by atoms with van der Waals surface area (Å²) in [6, 6.07) is 0. The average Bonchev–Trinajstić information content (AvgIpc) is 2.00. The average molecular weight is 322 g/mol. The fourth-order valence-electron chi connectivity index (χ4n) is 0.493. The molecule has 8 heteroatoms. The Morgan fingerprint density at radius 2 is 1.62 bits per heavy atom. The van der Waals surface area contributed by atoms with Gasteiger partial charge in [0.05, 0.1) is 6.61 Å². The molecule has 0 rings (SSSR count). The molecule has 0 aromatic heterocycles. The van der Waals surface area contributed by atoms with E-state index in [9.17, 15) is 26.3 Å². The highest BCUT2D eigenvalue weighted by Crippen LogP contribution is 2.41. The zero-order valence-electron chi connectivity index (χ0n) is 6.05. The number of alkyl halides is 6. The van der Waals surface area contributed by atoms with Crippen molar-refractivity contribution in [3.63, 3.8) is 0 Å². The summed E-state index contributed by atoms with van der Waals surface area (Å²) >= 11 is 1.21. The lowest BCUT2D eigenvalue weighted by Crippen LogP contribution is -2.46. The van der Waals surface area contributed by atoms with Crippen molar-refractivity contribution in [1.82, 2.24) is 0 Å². The fourth-order valence-corrected chi connectivity index (χ4v) is 0.713. The van der Waals surface area contributed by atoms with Gasteiger partial charge in [0.15, 0.2) is 0 Å². The van der Waals surface area contributed by atoms with Crippen LogP contribution in [0.2, 0.25) is 0 Å². The third kappa shape index (κ3) is 3.15. The van der Waals surface area contributed by atoms with Gasteiger partial charge in [-0.2, -0.15) is 17.6 Å². The fraction of sp³-hybridized carbons (Fsp3) is 1.00. The van der Waals surface area contributed by atoms with Crippen LogP contribution in [0.4, 0.5) is 26.3 Å². The van der Waals surface area contributed by atoms with E-state index in [2.05, 4.69) is 3.07 Å². The van der Waals surface area contributed by atoms with Gasteiger partial charge in [-0.15, -0.1) is 0 Å². The van der Waals surface area contributed by atoms with E-state index in [0.29, 0.717) is 0 Å². The minimum atomic E-state index is -5.30. The molecule has 0 aliphatic carbocycles. The first-order valence-corrected chi connectivity index (χ1v) is 3.91. The lowest BCUT2D eigenvalue weighted by molar-refractivity contribution is -0.266. The summed E-state index contributed by atoms with van der Waals surface area (Å²) in [7, 11) is 0. The molecule has 0 aromatic carbocycles. The predicted molar refractivity (Wildman–Crippen MR) is 40.5 cm³/mol. The first-order valence-electron chi connectivity index (χ1n) is 3.03. The monoisotopic (exact) mass is 322 g/mol. The minimum Gasteiger partial charge on any atom is -0.316 e. The Hall–Kier alpha value is 0.270. The molecule has 0 saturated heterocycles. The Bertz CT molecular complexity index is 161. The van der Waals surface area contributed by atoms with Crippen LogP contribution in [0.1, 0.15) is 6.42 Å². The number of hydrogen-bond donors (Lipinski definition) is 0. The van der Waals surface area contributed by atoms with E-state index in [1.807, 2.05) is 0 Å². The van der Waals surface area contributed by atoms with Crippen LogP contribution in [0.3, 0.4) is 0 Å². The van der Waals surface area contributed by atoms with Crippen LogP contribution in [-0.4, -0.2) is 24.9 Å². The summed E-state index contributed by atoms with van der Waals surface area (Å²) in [6.45, 7) is -0.712. The number of hydrogen-bond acceptors (Lipinski definition) is 1. The van der Waals surface area contributed by atoms with Crippen molar-refractivity contribution in [1.29, 1.82) is 0 Å². The Kier molecular flexibility index (Phi) is 4.77. The number of halogens is 7. The van der Waals surface area contributed by atoms with Crippen LogP contribution in [0.15, 0.2) is 0 Å². The molecule has 0 N–H and O–H groups in total. The van der Waals surface area contributed by atoms with Crippen molar-refractivity contribution in [2.75, 3.05) is 6.61 Å².